The van der Waals surface area contributed by atoms with Gasteiger partial charge in [0.2, 0.25) is 0 Å². The first kappa shape index (κ1) is 10.5. The zero-order valence-electron chi connectivity index (χ0n) is 8.36. The normalized spacial score (nSPS) is 11.7. The summed E-state index contributed by atoms with van der Waals surface area (Å²) in [6.07, 6.45) is 6.45. The molecule has 1 rings (SSSR count). The molecule has 0 N–H and O–H groups in total. The minimum Gasteiger partial charge on any atom is -0.300 e. The summed E-state index contributed by atoms with van der Waals surface area (Å²) in [7, 11) is 0. The van der Waals surface area contributed by atoms with Gasteiger partial charge >= 0.3 is 0 Å². The van der Waals surface area contributed by atoms with Gasteiger partial charge in [-0.05, 0) is 12.5 Å². The van der Waals surface area contributed by atoms with Crippen molar-refractivity contribution in [1.29, 1.82) is 0 Å². The summed E-state index contributed by atoms with van der Waals surface area (Å²) in [6.45, 7) is 1.60. The van der Waals surface area contributed by atoms with Crippen LogP contribution in [0.25, 0.3) is 0 Å². The standard InChI is InChI=1S/C13H14O/c1-3-7-13(10-11(2)14)12-8-5-4-6-9-12/h1,4-6,8-9,13H,7,10H2,2H3. The molecular formula is C13H14O. The molecule has 1 atom stereocenters. The van der Waals surface area contributed by atoms with Crippen LogP contribution in [-0.2, 0) is 4.79 Å². The maximum Gasteiger partial charge on any atom is 0.130 e. The molecule has 0 saturated heterocycles. The SMILES string of the molecule is C#CCC(CC(C)=O)c1ccccc1. The maximum absolute atomic E-state index is 11.0. The van der Waals surface area contributed by atoms with Crippen LogP contribution in [0.4, 0.5) is 0 Å². The molecule has 0 fully saturated rings. The van der Waals surface area contributed by atoms with Gasteiger partial charge in [-0.2, -0.15) is 0 Å². The minimum absolute atomic E-state index is 0.179. The quantitative estimate of drug-likeness (QED) is 0.661. The molecule has 72 valence electrons. The first-order valence-corrected chi connectivity index (χ1v) is 4.72. The third-order valence-corrected chi connectivity index (χ3v) is 2.17. The summed E-state index contributed by atoms with van der Waals surface area (Å²) >= 11 is 0. The number of carbonyl (C=O) groups excluding carboxylic acids is 1. The predicted octanol–water partition coefficient (Wildman–Crippen LogP) is 2.77. The zero-order chi connectivity index (χ0) is 10.4. The van der Waals surface area contributed by atoms with Crippen LogP contribution in [-0.4, -0.2) is 5.78 Å². The molecule has 1 aromatic rings. The molecule has 0 aromatic heterocycles. The van der Waals surface area contributed by atoms with Crippen molar-refractivity contribution in [1.82, 2.24) is 0 Å². The Balaban J connectivity index is 2.78. The summed E-state index contributed by atoms with van der Waals surface area (Å²) < 4.78 is 0. The summed E-state index contributed by atoms with van der Waals surface area (Å²) in [5.74, 6) is 2.99. The van der Waals surface area contributed by atoms with Crippen molar-refractivity contribution in [2.45, 2.75) is 25.7 Å². The third-order valence-electron chi connectivity index (χ3n) is 2.17. The molecule has 0 amide bonds. The molecule has 1 nitrogen and oxygen atoms in total. The second-order valence-electron chi connectivity index (χ2n) is 3.42. The van der Waals surface area contributed by atoms with Gasteiger partial charge in [-0.15, -0.1) is 12.3 Å². The second kappa shape index (κ2) is 5.24. The fraction of sp³-hybridized carbons (Fsp3) is 0.308. The number of benzene rings is 1. The van der Waals surface area contributed by atoms with E-state index in [0.29, 0.717) is 12.8 Å². The number of hydrogen-bond donors (Lipinski definition) is 0. The van der Waals surface area contributed by atoms with Crippen LogP contribution >= 0.6 is 0 Å². The Morgan fingerprint density at radius 1 is 1.43 bits per heavy atom. The van der Waals surface area contributed by atoms with Crippen LogP contribution in [0.2, 0.25) is 0 Å². The van der Waals surface area contributed by atoms with Gasteiger partial charge in [-0.1, -0.05) is 30.3 Å². The van der Waals surface area contributed by atoms with Gasteiger partial charge in [0.05, 0.1) is 0 Å². The van der Waals surface area contributed by atoms with Crippen molar-refractivity contribution < 1.29 is 4.79 Å². The van der Waals surface area contributed by atoms with E-state index in [0.717, 1.165) is 5.56 Å². The van der Waals surface area contributed by atoms with Crippen molar-refractivity contribution in [2.24, 2.45) is 0 Å². The summed E-state index contributed by atoms with van der Waals surface area (Å²) in [5, 5.41) is 0. The Kier molecular flexibility index (Phi) is 3.94. The molecule has 14 heavy (non-hydrogen) atoms. The summed E-state index contributed by atoms with van der Waals surface area (Å²) in [6, 6.07) is 9.94. The van der Waals surface area contributed by atoms with Gasteiger partial charge in [-0.25, -0.2) is 0 Å². The number of Topliss-reactive ketones (excluding diaryl/α,β-unsaturated/α-hetero) is 1. The predicted molar refractivity (Wildman–Crippen MR) is 57.9 cm³/mol. The van der Waals surface area contributed by atoms with Gasteiger partial charge in [0.15, 0.2) is 0 Å². The Labute approximate surface area is 85.1 Å². The van der Waals surface area contributed by atoms with E-state index in [2.05, 4.69) is 5.92 Å². The molecule has 1 heteroatoms. The Bertz CT molecular complexity index is 332. The van der Waals surface area contributed by atoms with E-state index in [1.807, 2.05) is 30.3 Å². The van der Waals surface area contributed by atoms with E-state index < -0.39 is 0 Å². The second-order valence-corrected chi connectivity index (χ2v) is 3.42. The van der Waals surface area contributed by atoms with E-state index in [1.54, 1.807) is 6.92 Å². The Morgan fingerprint density at radius 3 is 2.57 bits per heavy atom. The molecule has 0 aliphatic heterocycles. The Hall–Kier alpha value is -1.55. The molecule has 0 heterocycles. The van der Waals surface area contributed by atoms with E-state index in [4.69, 9.17) is 6.42 Å². The van der Waals surface area contributed by atoms with Crippen molar-refractivity contribution >= 4 is 5.78 Å². The van der Waals surface area contributed by atoms with Crippen LogP contribution < -0.4 is 0 Å². The lowest BCUT2D eigenvalue weighted by Gasteiger charge is -2.12. The fourth-order valence-electron chi connectivity index (χ4n) is 1.52. The molecule has 0 aliphatic rings. The lowest BCUT2D eigenvalue weighted by atomic mass is 9.91. The van der Waals surface area contributed by atoms with Crippen molar-refractivity contribution in [3.8, 4) is 12.3 Å². The summed E-state index contributed by atoms with van der Waals surface area (Å²) in [5.41, 5.74) is 1.15. The van der Waals surface area contributed by atoms with Gasteiger partial charge in [0.25, 0.3) is 0 Å². The van der Waals surface area contributed by atoms with Crippen LogP contribution in [0.3, 0.4) is 0 Å². The molecule has 0 saturated carbocycles. The minimum atomic E-state index is 0.179. The average molecular weight is 186 g/mol. The third kappa shape index (κ3) is 3.06. The monoisotopic (exact) mass is 186 g/mol. The number of rotatable bonds is 4. The van der Waals surface area contributed by atoms with E-state index in [-0.39, 0.29) is 11.7 Å². The smallest absolute Gasteiger partial charge is 0.130 e. The van der Waals surface area contributed by atoms with Crippen molar-refractivity contribution in [2.75, 3.05) is 0 Å². The van der Waals surface area contributed by atoms with Gasteiger partial charge in [-0.3, -0.25) is 0 Å². The Morgan fingerprint density at radius 2 is 2.07 bits per heavy atom. The number of hydrogen-bond acceptors (Lipinski definition) is 1. The maximum atomic E-state index is 11.0. The molecule has 0 aliphatic carbocycles. The molecule has 0 spiro atoms. The first-order chi connectivity index (χ1) is 6.74. The van der Waals surface area contributed by atoms with Crippen LogP contribution in [0.5, 0.6) is 0 Å². The van der Waals surface area contributed by atoms with Crippen LogP contribution in [0.15, 0.2) is 30.3 Å². The lowest BCUT2D eigenvalue weighted by molar-refractivity contribution is -0.117. The summed E-state index contributed by atoms with van der Waals surface area (Å²) in [4.78, 5) is 11.0. The first-order valence-electron chi connectivity index (χ1n) is 4.72. The van der Waals surface area contributed by atoms with Crippen LogP contribution in [0, 0.1) is 12.3 Å². The van der Waals surface area contributed by atoms with Crippen molar-refractivity contribution in [3.63, 3.8) is 0 Å². The largest absolute Gasteiger partial charge is 0.300 e. The fourth-order valence-corrected chi connectivity index (χ4v) is 1.52. The molecule has 1 unspecified atom stereocenters. The highest BCUT2D eigenvalue weighted by molar-refractivity contribution is 5.76. The zero-order valence-corrected chi connectivity index (χ0v) is 8.36. The molecular weight excluding hydrogens is 172 g/mol. The molecule has 0 radical (unpaired) electrons. The lowest BCUT2D eigenvalue weighted by Crippen LogP contribution is -2.03. The highest BCUT2D eigenvalue weighted by atomic mass is 16.1. The van der Waals surface area contributed by atoms with E-state index in [1.165, 1.54) is 0 Å². The topological polar surface area (TPSA) is 17.1 Å². The van der Waals surface area contributed by atoms with E-state index in [9.17, 15) is 4.79 Å². The van der Waals surface area contributed by atoms with Gasteiger partial charge in [0.1, 0.15) is 5.78 Å². The van der Waals surface area contributed by atoms with Crippen LogP contribution in [0.1, 0.15) is 31.2 Å². The highest BCUT2D eigenvalue weighted by Gasteiger charge is 2.11. The number of carbonyl (C=O) groups is 1. The van der Waals surface area contributed by atoms with Crippen molar-refractivity contribution in [3.05, 3.63) is 35.9 Å². The van der Waals surface area contributed by atoms with Gasteiger partial charge < -0.3 is 4.79 Å². The molecule has 0 bridgehead atoms. The van der Waals surface area contributed by atoms with E-state index >= 15 is 0 Å². The van der Waals surface area contributed by atoms with Gasteiger partial charge in [0, 0.05) is 18.8 Å². The number of ketones is 1. The average Bonchev–Trinajstić information content (AvgIpc) is 2.18. The molecule has 1 aromatic carbocycles. The highest BCUT2D eigenvalue weighted by Crippen LogP contribution is 2.22. The number of terminal acetylenes is 1.